The summed E-state index contributed by atoms with van der Waals surface area (Å²) in [4.78, 5) is 50.6. The van der Waals surface area contributed by atoms with Crippen LogP contribution in [-0.4, -0.2) is 39.5 Å². The molecule has 0 saturated carbocycles. The van der Waals surface area contributed by atoms with Gasteiger partial charge in [-0.1, -0.05) is 36.4 Å². The molecule has 0 bridgehead atoms. The number of ether oxygens (including phenoxy) is 1. The number of nitrogens with zero attached hydrogens (tertiary/aromatic N) is 2. The maximum atomic E-state index is 13.4. The molecule has 10 heteroatoms. The van der Waals surface area contributed by atoms with Crippen molar-refractivity contribution in [2.75, 3.05) is 16.0 Å². The van der Waals surface area contributed by atoms with Crippen molar-refractivity contribution >= 4 is 46.2 Å². The zero-order valence-electron chi connectivity index (χ0n) is 25.6. The number of benzene rings is 3. The fourth-order valence-electron chi connectivity index (χ4n) is 5.08. The summed E-state index contributed by atoms with van der Waals surface area (Å²) >= 11 is 0. The summed E-state index contributed by atoms with van der Waals surface area (Å²) < 4.78 is 6.68. The van der Waals surface area contributed by atoms with Gasteiger partial charge in [0.25, 0.3) is 11.8 Å². The molecule has 1 aliphatic heterocycles. The lowest BCUT2D eigenvalue weighted by Gasteiger charge is -2.08. The van der Waals surface area contributed by atoms with Gasteiger partial charge in [0.1, 0.15) is 5.69 Å². The Morgan fingerprint density at radius 2 is 1.73 bits per heavy atom. The molecule has 2 amide bonds. The van der Waals surface area contributed by atoms with E-state index >= 15 is 0 Å². The minimum atomic E-state index is -0.326. The molecular formula is C35H35N5O5. The van der Waals surface area contributed by atoms with Crippen LogP contribution in [0.5, 0.6) is 0 Å². The second-order valence-corrected chi connectivity index (χ2v) is 11.2. The first-order valence-electron chi connectivity index (χ1n) is 14.7. The smallest absolute Gasteiger partial charge is 0.306 e. The molecule has 5 rings (SSSR count). The van der Waals surface area contributed by atoms with Crippen LogP contribution >= 0.6 is 0 Å². The summed E-state index contributed by atoms with van der Waals surface area (Å²) in [6.45, 7) is 5.48. The average molecular weight is 606 g/mol. The number of hydrogen-bond acceptors (Lipinski definition) is 7. The number of ketones is 1. The van der Waals surface area contributed by atoms with E-state index in [-0.39, 0.29) is 29.7 Å². The lowest BCUT2D eigenvalue weighted by Crippen LogP contribution is -2.16. The van der Waals surface area contributed by atoms with Gasteiger partial charge in [-0.15, -0.1) is 0 Å². The number of fused-ring (bicyclic) bond motifs is 1. The first kappa shape index (κ1) is 30.9. The predicted molar refractivity (Wildman–Crippen MR) is 173 cm³/mol. The maximum absolute atomic E-state index is 13.4. The Balaban J connectivity index is 1.22. The number of amides is 2. The van der Waals surface area contributed by atoms with Crippen molar-refractivity contribution in [3.8, 4) is 0 Å². The molecule has 0 unspecified atom stereocenters. The minimum Gasteiger partial charge on any atom is -0.463 e. The van der Waals surface area contributed by atoms with Gasteiger partial charge in [-0.25, -0.2) is 0 Å². The molecule has 0 atom stereocenters. The maximum Gasteiger partial charge on any atom is 0.306 e. The minimum absolute atomic E-state index is 0.108. The molecule has 0 saturated heterocycles. The molecule has 3 N–H and O–H groups in total. The van der Waals surface area contributed by atoms with Crippen LogP contribution in [0.1, 0.15) is 69.9 Å². The normalized spacial score (nSPS) is 13.0. The van der Waals surface area contributed by atoms with Gasteiger partial charge in [0.15, 0.2) is 5.78 Å². The summed E-state index contributed by atoms with van der Waals surface area (Å²) in [5.41, 5.74) is 6.01. The molecule has 0 spiro atoms. The molecule has 4 aromatic rings. The Bertz CT molecular complexity index is 1800. The first-order chi connectivity index (χ1) is 21.6. The zero-order chi connectivity index (χ0) is 32.1. The van der Waals surface area contributed by atoms with Gasteiger partial charge in [-0.3, -0.25) is 23.9 Å². The molecule has 45 heavy (non-hydrogen) atoms. The van der Waals surface area contributed by atoms with Gasteiger partial charge in [-0.05, 0) is 75.6 Å². The van der Waals surface area contributed by atoms with Crippen molar-refractivity contribution in [2.24, 2.45) is 7.05 Å². The van der Waals surface area contributed by atoms with E-state index < -0.39 is 0 Å². The van der Waals surface area contributed by atoms with Crippen molar-refractivity contribution < 1.29 is 23.9 Å². The van der Waals surface area contributed by atoms with Gasteiger partial charge in [0.05, 0.1) is 17.4 Å². The van der Waals surface area contributed by atoms with E-state index in [1.165, 1.54) is 4.68 Å². The number of aromatic nitrogens is 2. The third-order valence-electron chi connectivity index (χ3n) is 7.23. The highest BCUT2D eigenvalue weighted by atomic mass is 16.5. The molecule has 230 valence electrons. The fraction of sp³-hybridized carbons (Fsp3) is 0.229. The third kappa shape index (κ3) is 7.53. The van der Waals surface area contributed by atoms with Crippen molar-refractivity contribution in [3.05, 3.63) is 113 Å². The first-order valence-corrected chi connectivity index (χ1v) is 14.7. The number of esters is 1. The van der Waals surface area contributed by atoms with Gasteiger partial charge in [0, 0.05) is 53.4 Å². The van der Waals surface area contributed by atoms with E-state index in [4.69, 9.17) is 4.74 Å². The Morgan fingerprint density at radius 3 is 2.44 bits per heavy atom. The van der Waals surface area contributed by atoms with Gasteiger partial charge >= 0.3 is 5.97 Å². The van der Waals surface area contributed by atoms with E-state index in [9.17, 15) is 19.2 Å². The monoisotopic (exact) mass is 605 g/mol. The van der Waals surface area contributed by atoms with Crippen LogP contribution < -0.4 is 16.0 Å². The van der Waals surface area contributed by atoms with Crippen LogP contribution in [0.2, 0.25) is 0 Å². The van der Waals surface area contributed by atoms with E-state index in [2.05, 4.69) is 21.0 Å². The molecule has 0 radical (unpaired) electrons. The summed E-state index contributed by atoms with van der Waals surface area (Å²) in [6, 6.07) is 21.3. The number of hydrogen-bond donors (Lipinski definition) is 3. The fourth-order valence-corrected chi connectivity index (χ4v) is 5.08. The number of aryl methyl sites for hydroxylation is 3. The lowest BCUT2D eigenvalue weighted by atomic mass is 9.99. The van der Waals surface area contributed by atoms with E-state index in [1.807, 2.05) is 45.0 Å². The SMILES string of the molecule is Cc1cc(C(=O)Nc2cccc(C(=O)c3ccc4c(c3)NC(=O)/C4=C\Nc3ccc(CCCC(=O)OC(C)C)cc3)c2)n(C)n1. The number of carbonyl (C=O) groups is 4. The van der Waals surface area contributed by atoms with Crippen molar-refractivity contribution in [1.29, 1.82) is 0 Å². The number of rotatable bonds is 11. The second-order valence-electron chi connectivity index (χ2n) is 11.2. The molecule has 3 aromatic carbocycles. The van der Waals surface area contributed by atoms with Crippen LogP contribution in [0.3, 0.4) is 0 Å². The largest absolute Gasteiger partial charge is 0.463 e. The average Bonchev–Trinajstić information content (AvgIpc) is 3.51. The van der Waals surface area contributed by atoms with Crippen molar-refractivity contribution in [2.45, 2.75) is 46.1 Å². The topological polar surface area (TPSA) is 131 Å². The Hall–Kier alpha value is -5.51. The van der Waals surface area contributed by atoms with Crippen LogP contribution in [0.25, 0.3) is 5.57 Å². The molecular weight excluding hydrogens is 570 g/mol. The molecule has 10 nitrogen and oxygen atoms in total. The summed E-state index contributed by atoms with van der Waals surface area (Å²) in [5, 5.41) is 13.0. The van der Waals surface area contributed by atoms with E-state index in [0.29, 0.717) is 52.2 Å². The van der Waals surface area contributed by atoms with Gasteiger partial charge < -0.3 is 20.7 Å². The quantitative estimate of drug-likeness (QED) is 0.110. The number of carbonyl (C=O) groups excluding carboxylic acids is 4. The van der Waals surface area contributed by atoms with Gasteiger partial charge in [-0.2, -0.15) is 5.10 Å². The van der Waals surface area contributed by atoms with Crippen LogP contribution in [-0.2, 0) is 27.8 Å². The third-order valence-corrected chi connectivity index (χ3v) is 7.23. The lowest BCUT2D eigenvalue weighted by molar-refractivity contribution is -0.147. The molecule has 2 heterocycles. The summed E-state index contributed by atoms with van der Waals surface area (Å²) in [7, 11) is 1.70. The number of nitrogens with one attached hydrogen (secondary N) is 3. The zero-order valence-corrected chi connectivity index (χ0v) is 25.6. The standard InChI is InChI=1S/C35H35N5O5/c1-21(2)45-32(41)10-5-7-23-11-14-26(15-12-23)36-20-29-28-16-13-25(19-30(28)38-34(29)43)33(42)24-8-6-9-27(18-24)37-35(44)31-17-22(3)39-40(31)4/h6,8-9,11-21,36H,5,7,10H2,1-4H3,(H,37,44)(H,38,43)/b29-20-. The van der Waals surface area contributed by atoms with Crippen LogP contribution in [0.15, 0.2) is 79.0 Å². The highest BCUT2D eigenvalue weighted by molar-refractivity contribution is 6.32. The Kier molecular flexibility index (Phi) is 9.22. The number of anilines is 3. The summed E-state index contributed by atoms with van der Waals surface area (Å²) in [5.74, 6) is -1.03. The van der Waals surface area contributed by atoms with Gasteiger partial charge in [0.2, 0.25) is 0 Å². The Morgan fingerprint density at radius 1 is 0.978 bits per heavy atom. The highest BCUT2D eigenvalue weighted by Crippen LogP contribution is 2.33. The summed E-state index contributed by atoms with van der Waals surface area (Å²) in [6.07, 6.45) is 3.38. The predicted octanol–water partition coefficient (Wildman–Crippen LogP) is 5.89. The molecule has 1 aliphatic rings. The van der Waals surface area contributed by atoms with Crippen molar-refractivity contribution in [3.63, 3.8) is 0 Å². The second kappa shape index (κ2) is 13.4. The van der Waals surface area contributed by atoms with Crippen LogP contribution in [0.4, 0.5) is 17.1 Å². The van der Waals surface area contributed by atoms with E-state index in [1.54, 1.807) is 61.8 Å². The van der Waals surface area contributed by atoms with Crippen molar-refractivity contribution in [1.82, 2.24) is 9.78 Å². The molecule has 1 aromatic heterocycles. The van der Waals surface area contributed by atoms with E-state index in [0.717, 1.165) is 23.4 Å². The Labute approximate surface area is 261 Å². The van der Waals surface area contributed by atoms with Crippen LogP contribution in [0, 0.1) is 6.92 Å². The molecule has 0 aliphatic carbocycles. The highest BCUT2D eigenvalue weighted by Gasteiger charge is 2.25. The molecule has 0 fully saturated rings.